The van der Waals surface area contributed by atoms with E-state index in [4.69, 9.17) is 4.74 Å². The fourth-order valence-corrected chi connectivity index (χ4v) is 4.60. The van der Waals surface area contributed by atoms with Gasteiger partial charge in [0.25, 0.3) is 0 Å². The first-order chi connectivity index (χ1) is 16.2. The van der Waals surface area contributed by atoms with Crippen LogP contribution < -0.4 is 0 Å². The van der Waals surface area contributed by atoms with Crippen molar-refractivity contribution in [2.24, 2.45) is 0 Å². The molecule has 1 aliphatic carbocycles. The third-order valence-corrected chi connectivity index (χ3v) is 6.53. The third kappa shape index (κ3) is 3.68. The molecule has 1 aliphatic heterocycles. The quantitative estimate of drug-likeness (QED) is 0.423. The highest BCUT2D eigenvalue weighted by atomic mass is 19.1. The van der Waals surface area contributed by atoms with Gasteiger partial charge in [-0.05, 0) is 42.0 Å². The molecule has 1 unspecified atom stereocenters. The molecule has 2 aromatic heterocycles. The Bertz CT molecular complexity index is 1330. The topological polar surface area (TPSA) is 60.2 Å². The molecular formula is C26H23FN4O2. The third-order valence-electron chi connectivity index (χ3n) is 6.53. The zero-order valence-corrected chi connectivity index (χ0v) is 18.0. The maximum atomic E-state index is 14.2. The first-order valence-corrected chi connectivity index (χ1v) is 11.2. The summed E-state index contributed by atoms with van der Waals surface area (Å²) in [7, 11) is 0. The molecule has 1 atom stereocenters. The Balaban J connectivity index is 1.41. The minimum absolute atomic E-state index is 0.162. The molecule has 2 fully saturated rings. The number of carbonyl (C=O) groups excluding carboxylic acids is 1. The molecule has 1 saturated heterocycles. The lowest BCUT2D eigenvalue weighted by Gasteiger charge is -2.30. The molecule has 166 valence electrons. The van der Waals surface area contributed by atoms with E-state index in [9.17, 15) is 9.18 Å². The fraction of sp³-hybridized carbons (Fsp3) is 0.269. The van der Waals surface area contributed by atoms with Crippen molar-refractivity contribution in [2.75, 3.05) is 19.7 Å². The van der Waals surface area contributed by atoms with Crippen LogP contribution in [0.4, 0.5) is 4.39 Å². The predicted molar refractivity (Wildman–Crippen MR) is 123 cm³/mol. The highest BCUT2D eigenvalue weighted by Gasteiger charge is 2.29. The highest BCUT2D eigenvalue weighted by Crippen LogP contribution is 2.44. The lowest BCUT2D eigenvalue weighted by molar-refractivity contribution is -0.125. The normalized spacial score (nSPS) is 18.6. The number of halogens is 1. The summed E-state index contributed by atoms with van der Waals surface area (Å²) in [5.41, 5.74) is 4.47. The number of amides is 1. The maximum absolute atomic E-state index is 14.2. The summed E-state index contributed by atoms with van der Waals surface area (Å²) >= 11 is 0. The molecule has 1 saturated carbocycles. The smallest absolute Gasteiger partial charge is 0.234 e. The van der Waals surface area contributed by atoms with E-state index in [1.807, 2.05) is 4.57 Å². The molecular weight excluding hydrogens is 419 g/mol. The second-order valence-corrected chi connectivity index (χ2v) is 8.72. The van der Waals surface area contributed by atoms with Gasteiger partial charge in [-0.3, -0.25) is 9.36 Å². The lowest BCUT2D eigenvalue weighted by Crippen LogP contribution is -2.37. The van der Waals surface area contributed by atoms with E-state index in [0.717, 1.165) is 17.5 Å². The Kier molecular flexibility index (Phi) is 4.91. The molecule has 3 heterocycles. The summed E-state index contributed by atoms with van der Waals surface area (Å²) in [5, 5.41) is 1.19. The van der Waals surface area contributed by atoms with Gasteiger partial charge in [-0.1, -0.05) is 30.3 Å². The highest BCUT2D eigenvalue weighted by molar-refractivity contribution is 5.87. The lowest BCUT2D eigenvalue weighted by atomic mass is 10.0. The molecule has 33 heavy (non-hydrogen) atoms. The molecule has 0 spiro atoms. The molecule has 1 amide bonds. The Morgan fingerprint density at radius 3 is 2.67 bits per heavy atom. The standard InChI is InChI=1S/C26H23FN4O2/c27-23-4-2-1-3-20(23)19-12-28-26(29-13-19)31-14-22(17-5-6-17)21-8-7-18(11-24(21)31)25-15-30(16-32)9-10-33-25/h1-4,7-8,11-14,16-17,25H,5-6,9-10,15H2. The number of hydrogen-bond acceptors (Lipinski definition) is 4. The number of fused-ring (bicyclic) bond motifs is 1. The van der Waals surface area contributed by atoms with Crippen molar-refractivity contribution in [3.05, 3.63) is 78.0 Å². The zero-order chi connectivity index (χ0) is 22.4. The van der Waals surface area contributed by atoms with Crippen molar-refractivity contribution < 1.29 is 13.9 Å². The average Bonchev–Trinajstić information content (AvgIpc) is 3.64. The van der Waals surface area contributed by atoms with Gasteiger partial charge >= 0.3 is 0 Å². The Hall–Kier alpha value is -3.58. The Morgan fingerprint density at radius 1 is 1.09 bits per heavy atom. The number of hydrogen-bond donors (Lipinski definition) is 0. The van der Waals surface area contributed by atoms with E-state index in [2.05, 4.69) is 34.4 Å². The molecule has 0 radical (unpaired) electrons. The van der Waals surface area contributed by atoms with Crippen molar-refractivity contribution in [1.29, 1.82) is 0 Å². The summed E-state index contributed by atoms with van der Waals surface area (Å²) in [4.78, 5) is 22.2. The molecule has 2 aromatic carbocycles. The van der Waals surface area contributed by atoms with Crippen molar-refractivity contribution in [3.63, 3.8) is 0 Å². The summed E-state index contributed by atoms with van der Waals surface area (Å²) in [6.07, 6.45) is 8.56. The van der Waals surface area contributed by atoms with Crippen LogP contribution in [0.25, 0.3) is 28.0 Å². The molecule has 0 N–H and O–H groups in total. The summed E-state index contributed by atoms with van der Waals surface area (Å²) in [6, 6.07) is 13.0. The van der Waals surface area contributed by atoms with Crippen LogP contribution in [0.2, 0.25) is 0 Å². The van der Waals surface area contributed by atoms with Crippen LogP contribution in [-0.2, 0) is 9.53 Å². The van der Waals surface area contributed by atoms with Gasteiger partial charge in [0.1, 0.15) is 11.9 Å². The molecule has 4 aromatic rings. The SMILES string of the molecule is O=CN1CCOC(c2ccc3c(C4CC4)cn(-c4ncc(-c5ccccc5F)cn4)c3c2)C1. The average molecular weight is 442 g/mol. The van der Waals surface area contributed by atoms with Gasteiger partial charge in [-0.2, -0.15) is 0 Å². The van der Waals surface area contributed by atoms with Gasteiger partial charge in [0, 0.05) is 41.6 Å². The van der Waals surface area contributed by atoms with Crippen LogP contribution in [0.1, 0.15) is 36.0 Å². The Morgan fingerprint density at radius 2 is 1.91 bits per heavy atom. The van der Waals surface area contributed by atoms with Gasteiger partial charge in [-0.25, -0.2) is 14.4 Å². The zero-order valence-electron chi connectivity index (χ0n) is 18.0. The first-order valence-electron chi connectivity index (χ1n) is 11.2. The van der Waals surface area contributed by atoms with Crippen molar-refractivity contribution >= 4 is 17.3 Å². The van der Waals surface area contributed by atoms with Gasteiger partial charge < -0.3 is 9.64 Å². The number of benzene rings is 2. The monoisotopic (exact) mass is 442 g/mol. The van der Waals surface area contributed by atoms with Crippen LogP contribution >= 0.6 is 0 Å². The second kappa shape index (κ2) is 8.08. The second-order valence-electron chi connectivity index (χ2n) is 8.72. The van der Waals surface area contributed by atoms with Crippen LogP contribution in [0, 0.1) is 5.82 Å². The van der Waals surface area contributed by atoms with Crippen LogP contribution in [-0.4, -0.2) is 45.5 Å². The van der Waals surface area contributed by atoms with Crippen LogP contribution in [0.3, 0.4) is 0 Å². The van der Waals surface area contributed by atoms with Crippen molar-refractivity contribution in [1.82, 2.24) is 19.4 Å². The number of rotatable bonds is 5. The summed E-state index contributed by atoms with van der Waals surface area (Å²) in [5.74, 6) is 0.815. The Labute approximate surface area is 190 Å². The van der Waals surface area contributed by atoms with E-state index in [0.29, 0.717) is 42.7 Å². The molecule has 6 rings (SSSR count). The largest absolute Gasteiger partial charge is 0.370 e. The maximum Gasteiger partial charge on any atom is 0.234 e. The number of morpholine rings is 1. The van der Waals surface area contributed by atoms with E-state index in [-0.39, 0.29) is 11.9 Å². The molecule has 2 aliphatic rings. The summed E-state index contributed by atoms with van der Waals surface area (Å²) in [6.45, 7) is 1.68. The van der Waals surface area contributed by atoms with Gasteiger partial charge in [0.05, 0.1) is 18.7 Å². The van der Waals surface area contributed by atoms with Gasteiger partial charge in [0.2, 0.25) is 12.4 Å². The number of ether oxygens (including phenoxy) is 1. The van der Waals surface area contributed by atoms with Crippen LogP contribution in [0.5, 0.6) is 0 Å². The minimum atomic E-state index is -0.294. The van der Waals surface area contributed by atoms with Crippen molar-refractivity contribution in [2.45, 2.75) is 24.9 Å². The summed E-state index contributed by atoms with van der Waals surface area (Å²) < 4.78 is 22.2. The molecule has 7 heteroatoms. The number of carbonyl (C=O) groups is 1. The number of nitrogens with zero attached hydrogens (tertiary/aromatic N) is 4. The minimum Gasteiger partial charge on any atom is -0.370 e. The van der Waals surface area contributed by atoms with E-state index in [1.165, 1.54) is 29.9 Å². The van der Waals surface area contributed by atoms with E-state index in [1.54, 1.807) is 35.5 Å². The first kappa shape index (κ1) is 20.1. The van der Waals surface area contributed by atoms with Gasteiger partial charge in [0.15, 0.2) is 0 Å². The molecule has 6 nitrogen and oxygen atoms in total. The predicted octanol–water partition coefficient (Wildman–Crippen LogP) is 4.63. The van der Waals surface area contributed by atoms with E-state index < -0.39 is 0 Å². The molecule has 0 bridgehead atoms. The fourth-order valence-electron chi connectivity index (χ4n) is 4.60. The van der Waals surface area contributed by atoms with Gasteiger partial charge in [-0.15, -0.1) is 0 Å². The number of aromatic nitrogens is 3. The van der Waals surface area contributed by atoms with Crippen molar-refractivity contribution in [3.8, 4) is 17.1 Å². The van der Waals surface area contributed by atoms with E-state index >= 15 is 0 Å². The van der Waals surface area contributed by atoms with Crippen LogP contribution in [0.15, 0.2) is 61.1 Å².